The lowest BCUT2D eigenvalue weighted by Crippen LogP contribution is -2.22. The summed E-state index contributed by atoms with van der Waals surface area (Å²) in [7, 11) is 0. The zero-order valence-corrected chi connectivity index (χ0v) is 11.8. The molecule has 0 heterocycles. The summed E-state index contributed by atoms with van der Waals surface area (Å²) in [5.41, 5.74) is 1.54. The minimum atomic E-state index is -0.109. The van der Waals surface area contributed by atoms with Crippen LogP contribution in [0.5, 0.6) is 0 Å². The fraction of sp³-hybridized carbons (Fsp3) is 0.0714. The summed E-state index contributed by atoms with van der Waals surface area (Å²) >= 11 is 9.35. The third-order valence-electron chi connectivity index (χ3n) is 2.50. The molecule has 4 heteroatoms. The number of carbonyl (C=O) groups excluding carboxylic acids is 1. The molecule has 0 spiro atoms. The van der Waals surface area contributed by atoms with E-state index in [4.69, 9.17) is 11.6 Å². The number of amides is 1. The molecule has 92 valence electrons. The molecular weight excluding hydrogens is 314 g/mol. The molecule has 18 heavy (non-hydrogen) atoms. The lowest BCUT2D eigenvalue weighted by molar-refractivity contribution is 0.0951. The predicted octanol–water partition coefficient (Wildman–Crippen LogP) is 4.03. The number of hydrogen-bond donors (Lipinski definition) is 1. The third-order valence-corrected chi connectivity index (χ3v) is 3.40. The minimum absolute atomic E-state index is 0.109. The average Bonchev–Trinajstić information content (AvgIpc) is 2.38. The van der Waals surface area contributed by atoms with Gasteiger partial charge in [-0.05, 0) is 35.9 Å². The van der Waals surface area contributed by atoms with Crippen molar-refractivity contribution < 1.29 is 4.79 Å². The maximum atomic E-state index is 11.9. The standard InChI is InChI=1S/C14H11BrClNO/c15-12-7-5-10(6-8-12)14(18)17-9-11-3-1-2-4-13(11)16/h1-8H,9H2,(H,17,18). The molecule has 0 unspecified atom stereocenters. The van der Waals surface area contributed by atoms with Gasteiger partial charge in [0, 0.05) is 21.6 Å². The largest absolute Gasteiger partial charge is 0.348 e. The molecule has 0 radical (unpaired) electrons. The fourth-order valence-corrected chi connectivity index (χ4v) is 1.99. The molecule has 0 aromatic heterocycles. The van der Waals surface area contributed by atoms with E-state index >= 15 is 0 Å². The molecule has 2 aromatic rings. The molecule has 0 atom stereocenters. The van der Waals surface area contributed by atoms with Crippen molar-refractivity contribution in [2.24, 2.45) is 0 Å². The molecule has 0 aliphatic carbocycles. The van der Waals surface area contributed by atoms with E-state index in [1.54, 1.807) is 12.1 Å². The molecule has 0 aliphatic heterocycles. The van der Waals surface area contributed by atoms with Crippen LogP contribution in [0.4, 0.5) is 0 Å². The van der Waals surface area contributed by atoms with E-state index < -0.39 is 0 Å². The quantitative estimate of drug-likeness (QED) is 0.907. The second-order valence-electron chi connectivity index (χ2n) is 3.78. The Hall–Kier alpha value is -1.32. The zero-order valence-electron chi connectivity index (χ0n) is 9.49. The van der Waals surface area contributed by atoms with Crippen LogP contribution in [-0.2, 0) is 6.54 Å². The van der Waals surface area contributed by atoms with Crippen LogP contribution >= 0.6 is 27.5 Å². The van der Waals surface area contributed by atoms with Crippen LogP contribution in [0.25, 0.3) is 0 Å². The summed E-state index contributed by atoms with van der Waals surface area (Å²) in [6, 6.07) is 14.7. The van der Waals surface area contributed by atoms with Gasteiger partial charge < -0.3 is 5.32 Å². The van der Waals surface area contributed by atoms with Gasteiger partial charge in [-0.3, -0.25) is 4.79 Å². The van der Waals surface area contributed by atoms with Gasteiger partial charge in [0.15, 0.2) is 0 Å². The first-order chi connectivity index (χ1) is 8.66. The van der Waals surface area contributed by atoms with E-state index in [0.717, 1.165) is 10.0 Å². The van der Waals surface area contributed by atoms with Crippen molar-refractivity contribution in [1.29, 1.82) is 0 Å². The van der Waals surface area contributed by atoms with Crippen molar-refractivity contribution in [1.82, 2.24) is 5.32 Å². The Morgan fingerprint density at radius 1 is 1.11 bits per heavy atom. The Morgan fingerprint density at radius 2 is 1.78 bits per heavy atom. The Kier molecular flexibility index (Phi) is 4.39. The first-order valence-electron chi connectivity index (χ1n) is 5.44. The molecule has 2 aromatic carbocycles. The minimum Gasteiger partial charge on any atom is -0.348 e. The van der Waals surface area contributed by atoms with Crippen LogP contribution in [-0.4, -0.2) is 5.91 Å². The molecule has 1 amide bonds. The van der Waals surface area contributed by atoms with Crippen molar-refractivity contribution in [3.63, 3.8) is 0 Å². The number of carbonyl (C=O) groups is 1. The maximum absolute atomic E-state index is 11.9. The van der Waals surface area contributed by atoms with Crippen molar-refractivity contribution >= 4 is 33.4 Å². The van der Waals surface area contributed by atoms with Gasteiger partial charge in [-0.15, -0.1) is 0 Å². The molecule has 0 saturated heterocycles. The predicted molar refractivity (Wildman–Crippen MR) is 76.8 cm³/mol. The number of rotatable bonds is 3. The van der Waals surface area contributed by atoms with Gasteiger partial charge in [0.25, 0.3) is 5.91 Å². The molecule has 0 fully saturated rings. The van der Waals surface area contributed by atoms with Crippen molar-refractivity contribution in [3.8, 4) is 0 Å². The summed E-state index contributed by atoms with van der Waals surface area (Å²) in [5, 5.41) is 3.50. The Balaban J connectivity index is 2.01. The Labute approximate surface area is 119 Å². The summed E-state index contributed by atoms with van der Waals surface area (Å²) < 4.78 is 0.949. The topological polar surface area (TPSA) is 29.1 Å². The number of benzene rings is 2. The van der Waals surface area contributed by atoms with Gasteiger partial charge in [0.1, 0.15) is 0 Å². The van der Waals surface area contributed by atoms with Gasteiger partial charge >= 0.3 is 0 Å². The monoisotopic (exact) mass is 323 g/mol. The highest BCUT2D eigenvalue weighted by Gasteiger charge is 2.05. The first kappa shape index (κ1) is 13.1. The molecule has 0 bridgehead atoms. The van der Waals surface area contributed by atoms with Gasteiger partial charge in [-0.1, -0.05) is 45.7 Å². The lowest BCUT2D eigenvalue weighted by atomic mass is 10.2. The van der Waals surface area contributed by atoms with Crippen molar-refractivity contribution in [2.75, 3.05) is 0 Å². The second-order valence-corrected chi connectivity index (χ2v) is 5.10. The third kappa shape index (κ3) is 3.34. The number of nitrogens with one attached hydrogen (secondary N) is 1. The first-order valence-corrected chi connectivity index (χ1v) is 6.61. The Bertz CT molecular complexity index is 554. The number of hydrogen-bond acceptors (Lipinski definition) is 1. The van der Waals surface area contributed by atoms with Gasteiger partial charge in [0.05, 0.1) is 0 Å². The molecule has 1 N–H and O–H groups in total. The smallest absolute Gasteiger partial charge is 0.251 e. The molecule has 2 rings (SSSR count). The molecule has 2 nitrogen and oxygen atoms in total. The highest BCUT2D eigenvalue weighted by Crippen LogP contribution is 2.15. The van der Waals surface area contributed by atoms with Crippen molar-refractivity contribution in [3.05, 3.63) is 69.2 Å². The fourth-order valence-electron chi connectivity index (χ4n) is 1.52. The second kappa shape index (κ2) is 6.03. The van der Waals surface area contributed by atoms with Crippen LogP contribution in [0.3, 0.4) is 0 Å². The summed E-state index contributed by atoms with van der Waals surface area (Å²) in [6.45, 7) is 0.425. The SMILES string of the molecule is O=C(NCc1ccccc1Cl)c1ccc(Br)cc1. The highest BCUT2D eigenvalue weighted by molar-refractivity contribution is 9.10. The van der Waals surface area contributed by atoms with Crippen molar-refractivity contribution in [2.45, 2.75) is 6.54 Å². The Morgan fingerprint density at radius 3 is 2.44 bits per heavy atom. The van der Waals surface area contributed by atoms with Gasteiger partial charge in [-0.2, -0.15) is 0 Å². The van der Waals surface area contributed by atoms with Crippen LogP contribution in [0.15, 0.2) is 53.0 Å². The van der Waals surface area contributed by atoms with E-state index in [9.17, 15) is 4.79 Å². The van der Waals surface area contributed by atoms with Gasteiger partial charge in [0.2, 0.25) is 0 Å². The summed E-state index contributed by atoms with van der Waals surface area (Å²) in [5.74, 6) is -0.109. The van der Waals surface area contributed by atoms with Crippen LogP contribution in [0, 0.1) is 0 Å². The van der Waals surface area contributed by atoms with Gasteiger partial charge in [-0.25, -0.2) is 0 Å². The van der Waals surface area contributed by atoms with Crippen LogP contribution in [0.2, 0.25) is 5.02 Å². The maximum Gasteiger partial charge on any atom is 0.251 e. The zero-order chi connectivity index (χ0) is 13.0. The molecular formula is C14H11BrClNO. The van der Waals surface area contributed by atoms with Crippen LogP contribution < -0.4 is 5.32 Å². The normalized spacial score (nSPS) is 10.1. The average molecular weight is 325 g/mol. The lowest BCUT2D eigenvalue weighted by Gasteiger charge is -2.07. The number of halogens is 2. The summed E-state index contributed by atoms with van der Waals surface area (Å²) in [4.78, 5) is 11.9. The van der Waals surface area contributed by atoms with E-state index in [0.29, 0.717) is 17.1 Å². The van der Waals surface area contributed by atoms with E-state index in [1.165, 1.54) is 0 Å². The van der Waals surface area contributed by atoms with E-state index in [2.05, 4.69) is 21.2 Å². The molecule has 0 saturated carbocycles. The van der Waals surface area contributed by atoms with E-state index in [1.807, 2.05) is 36.4 Å². The van der Waals surface area contributed by atoms with E-state index in [-0.39, 0.29) is 5.91 Å². The highest BCUT2D eigenvalue weighted by atomic mass is 79.9. The molecule has 0 aliphatic rings. The summed E-state index contributed by atoms with van der Waals surface area (Å²) in [6.07, 6.45) is 0. The van der Waals surface area contributed by atoms with Crippen LogP contribution in [0.1, 0.15) is 15.9 Å².